The monoisotopic (exact) mass is 181 g/mol. The molecule has 2 nitrogen and oxygen atoms in total. The van der Waals surface area contributed by atoms with Gasteiger partial charge in [-0.25, -0.2) is 0 Å². The number of hydrogen-bond acceptors (Lipinski definition) is 3. The molecule has 1 aromatic carbocycles. The summed E-state index contributed by atoms with van der Waals surface area (Å²) in [5.74, 6) is 0.664. The van der Waals surface area contributed by atoms with Crippen molar-refractivity contribution in [3.63, 3.8) is 0 Å². The fourth-order valence-electron chi connectivity index (χ4n) is 0.791. The fraction of sp³-hybridized carbons (Fsp3) is 0.222. The number of para-hydroxylation sites is 1. The lowest BCUT2D eigenvalue weighted by molar-refractivity contribution is -0.114. The average Bonchev–Trinajstić information content (AvgIpc) is 2.03. The molecule has 0 fully saturated rings. The van der Waals surface area contributed by atoms with Crippen molar-refractivity contribution in [3.8, 4) is 0 Å². The Kier molecular flexibility index (Phi) is 3.17. The van der Waals surface area contributed by atoms with Crippen molar-refractivity contribution >= 4 is 23.2 Å². The van der Waals surface area contributed by atoms with Gasteiger partial charge in [-0.3, -0.25) is 4.79 Å². The summed E-state index contributed by atoms with van der Waals surface area (Å²) in [6, 6.07) is 7.55. The molecule has 0 atom stereocenters. The van der Waals surface area contributed by atoms with E-state index in [4.69, 9.17) is 5.73 Å². The lowest BCUT2D eigenvalue weighted by Crippen LogP contribution is -1.94. The first kappa shape index (κ1) is 9.13. The summed E-state index contributed by atoms with van der Waals surface area (Å²) in [6.07, 6.45) is 0. The van der Waals surface area contributed by atoms with E-state index in [0.717, 1.165) is 10.6 Å². The summed E-state index contributed by atoms with van der Waals surface area (Å²) in [4.78, 5) is 11.6. The lowest BCUT2D eigenvalue weighted by atomic mass is 10.3. The Morgan fingerprint density at radius 1 is 1.50 bits per heavy atom. The molecule has 12 heavy (non-hydrogen) atoms. The highest BCUT2D eigenvalue weighted by atomic mass is 32.2. The topological polar surface area (TPSA) is 43.1 Å². The number of benzene rings is 1. The zero-order valence-electron chi connectivity index (χ0n) is 6.91. The number of rotatable bonds is 3. The molecule has 0 spiro atoms. The Morgan fingerprint density at radius 3 is 2.75 bits per heavy atom. The van der Waals surface area contributed by atoms with E-state index < -0.39 is 0 Å². The van der Waals surface area contributed by atoms with Crippen LogP contribution < -0.4 is 5.73 Å². The number of Topliss-reactive ketones (excluding diaryl/α,β-unsaturated/α-hetero) is 1. The number of carbonyl (C=O) groups excluding carboxylic acids is 1. The zero-order valence-corrected chi connectivity index (χ0v) is 7.73. The van der Waals surface area contributed by atoms with Crippen LogP contribution in [0.25, 0.3) is 0 Å². The van der Waals surface area contributed by atoms with Gasteiger partial charge in [0.2, 0.25) is 0 Å². The minimum atomic E-state index is 0.170. The van der Waals surface area contributed by atoms with Crippen LogP contribution in [0.15, 0.2) is 29.2 Å². The SMILES string of the molecule is CC(=O)CSc1ccccc1N. The minimum Gasteiger partial charge on any atom is -0.398 e. The quantitative estimate of drug-likeness (QED) is 0.572. The molecule has 0 saturated carbocycles. The number of hydrogen-bond donors (Lipinski definition) is 1. The van der Waals surface area contributed by atoms with E-state index in [1.165, 1.54) is 11.8 Å². The molecule has 1 aromatic rings. The normalized spacial score (nSPS) is 9.75. The summed E-state index contributed by atoms with van der Waals surface area (Å²) in [5, 5.41) is 0. The molecule has 0 radical (unpaired) electrons. The summed E-state index contributed by atoms with van der Waals surface area (Å²) in [5.41, 5.74) is 6.41. The molecule has 0 amide bonds. The van der Waals surface area contributed by atoms with Gasteiger partial charge in [0.15, 0.2) is 0 Å². The van der Waals surface area contributed by atoms with Crippen molar-refractivity contribution in [2.24, 2.45) is 0 Å². The molecule has 0 saturated heterocycles. The van der Waals surface area contributed by atoms with Crippen molar-refractivity contribution in [2.75, 3.05) is 11.5 Å². The maximum absolute atomic E-state index is 10.7. The number of thioether (sulfide) groups is 1. The summed E-state index contributed by atoms with van der Waals surface area (Å²) >= 11 is 1.48. The second kappa shape index (κ2) is 4.16. The Morgan fingerprint density at radius 2 is 2.17 bits per heavy atom. The van der Waals surface area contributed by atoms with Gasteiger partial charge in [0.05, 0.1) is 5.75 Å². The van der Waals surface area contributed by atoms with E-state index in [2.05, 4.69) is 0 Å². The van der Waals surface area contributed by atoms with Crippen molar-refractivity contribution in [2.45, 2.75) is 11.8 Å². The van der Waals surface area contributed by atoms with E-state index in [0.29, 0.717) is 5.75 Å². The van der Waals surface area contributed by atoms with Crippen molar-refractivity contribution < 1.29 is 4.79 Å². The lowest BCUT2D eigenvalue weighted by Gasteiger charge is -2.01. The maximum atomic E-state index is 10.7. The van der Waals surface area contributed by atoms with Crippen LogP contribution in [-0.2, 0) is 4.79 Å². The Hall–Kier alpha value is -0.960. The molecule has 0 aliphatic rings. The van der Waals surface area contributed by atoms with Crippen LogP contribution >= 0.6 is 11.8 Å². The molecule has 0 heterocycles. The van der Waals surface area contributed by atoms with Crippen molar-refractivity contribution in [3.05, 3.63) is 24.3 Å². The fourth-order valence-corrected chi connectivity index (χ4v) is 1.56. The first-order valence-corrected chi connectivity index (χ1v) is 4.65. The predicted molar refractivity (Wildman–Crippen MR) is 52.3 cm³/mol. The number of carbonyl (C=O) groups is 1. The smallest absolute Gasteiger partial charge is 0.140 e. The molecule has 2 N–H and O–H groups in total. The Labute approximate surface area is 76.2 Å². The van der Waals surface area contributed by atoms with Crippen molar-refractivity contribution in [1.29, 1.82) is 0 Å². The third-order valence-corrected chi connectivity index (χ3v) is 2.58. The van der Waals surface area contributed by atoms with Crippen LogP contribution in [0.4, 0.5) is 5.69 Å². The van der Waals surface area contributed by atoms with Gasteiger partial charge >= 0.3 is 0 Å². The third kappa shape index (κ3) is 2.58. The van der Waals surface area contributed by atoms with Gasteiger partial charge in [-0.05, 0) is 19.1 Å². The van der Waals surface area contributed by atoms with Gasteiger partial charge in [0.1, 0.15) is 5.78 Å². The number of nitrogens with two attached hydrogens (primary N) is 1. The Bertz CT molecular complexity index is 286. The first-order valence-electron chi connectivity index (χ1n) is 3.67. The molecule has 0 unspecified atom stereocenters. The van der Waals surface area contributed by atoms with Crippen LogP contribution in [0.3, 0.4) is 0 Å². The number of nitrogen functional groups attached to an aromatic ring is 1. The maximum Gasteiger partial charge on any atom is 0.140 e. The van der Waals surface area contributed by atoms with Crippen LogP contribution in [0.5, 0.6) is 0 Å². The zero-order chi connectivity index (χ0) is 8.97. The van der Waals surface area contributed by atoms with E-state index in [9.17, 15) is 4.79 Å². The van der Waals surface area contributed by atoms with E-state index in [-0.39, 0.29) is 5.78 Å². The third-order valence-electron chi connectivity index (χ3n) is 1.35. The van der Waals surface area contributed by atoms with Crippen LogP contribution in [0.1, 0.15) is 6.92 Å². The van der Waals surface area contributed by atoms with Crippen LogP contribution in [-0.4, -0.2) is 11.5 Å². The largest absolute Gasteiger partial charge is 0.398 e. The number of anilines is 1. The number of ketones is 1. The highest BCUT2D eigenvalue weighted by molar-refractivity contribution is 8.00. The average molecular weight is 181 g/mol. The molecular weight excluding hydrogens is 170 g/mol. The highest BCUT2D eigenvalue weighted by Gasteiger charge is 1.99. The second-order valence-corrected chi connectivity index (χ2v) is 3.55. The van der Waals surface area contributed by atoms with E-state index >= 15 is 0 Å². The van der Waals surface area contributed by atoms with E-state index in [1.807, 2.05) is 24.3 Å². The summed E-state index contributed by atoms with van der Waals surface area (Å²) in [7, 11) is 0. The molecule has 0 aliphatic heterocycles. The van der Waals surface area contributed by atoms with Crippen LogP contribution in [0.2, 0.25) is 0 Å². The van der Waals surface area contributed by atoms with Gasteiger partial charge in [0.25, 0.3) is 0 Å². The molecular formula is C9H11NOS. The van der Waals surface area contributed by atoms with Gasteiger partial charge in [0, 0.05) is 10.6 Å². The molecule has 0 aliphatic carbocycles. The Balaban J connectivity index is 2.63. The standard InChI is InChI=1S/C9H11NOS/c1-7(11)6-12-9-5-3-2-4-8(9)10/h2-5H,6,10H2,1H3. The van der Waals surface area contributed by atoms with Crippen molar-refractivity contribution in [1.82, 2.24) is 0 Å². The van der Waals surface area contributed by atoms with E-state index in [1.54, 1.807) is 6.92 Å². The molecule has 64 valence electrons. The van der Waals surface area contributed by atoms with Gasteiger partial charge in [-0.2, -0.15) is 0 Å². The van der Waals surface area contributed by atoms with Crippen LogP contribution in [0, 0.1) is 0 Å². The second-order valence-electron chi connectivity index (χ2n) is 2.53. The van der Waals surface area contributed by atoms with Gasteiger partial charge in [-0.15, -0.1) is 11.8 Å². The minimum absolute atomic E-state index is 0.170. The van der Waals surface area contributed by atoms with Gasteiger partial charge in [-0.1, -0.05) is 12.1 Å². The molecule has 1 rings (SSSR count). The molecule has 0 bridgehead atoms. The molecule has 0 aromatic heterocycles. The first-order chi connectivity index (χ1) is 5.70. The molecule has 3 heteroatoms. The van der Waals surface area contributed by atoms with Gasteiger partial charge < -0.3 is 5.73 Å². The highest BCUT2D eigenvalue weighted by Crippen LogP contribution is 2.23. The predicted octanol–water partition coefficient (Wildman–Crippen LogP) is 1.95. The summed E-state index contributed by atoms with van der Waals surface area (Å²) < 4.78 is 0. The summed E-state index contributed by atoms with van der Waals surface area (Å²) in [6.45, 7) is 1.58.